The number of nitro groups is 1. The highest BCUT2D eigenvalue weighted by Gasteiger charge is 2.25. The molecule has 2 N–H and O–H groups in total. The van der Waals surface area contributed by atoms with Gasteiger partial charge < -0.3 is 15.4 Å². The normalized spacial score (nSPS) is 11.9. The van der Waals surface area contributed by atoms with Gasteiger partial charge in [-0.1, -0.05) is 54.6 Å². The van der Waals surface area contributed by atoms with E-state index in [1.807, 2.05) is 54.6 Å². The number of benzene rings is 3. The zero-order valence-electron chi connectivity index (χ0n) is 19.3. The molecule has 0 heterocycles. The number of non-ortho nitro benzene ring substituents is 1. The number of nitrogens with zero attached hydrogens (tertiary/aromatic N) is 1. The summed E-state index contributed by atoms with van der Waals surface area (Å²) in [5.41, 5.74) is 2.54. The maximum Gasteiger partial charge on any atom is 0.408 e. The lowest BCUT2D eigenvalue weighted by Crippen LogP contribution is -2.47. The monoisotopic (exact) mass is 461 g/mol. The Hall–Kier alpha value is -4.20. The van der Waals surface area contributed by atoms with Gasteiger partial charge in [0.1, 0.15) is 11.6 Å². The van der Waals surface area contributed by atoms with Crippen LogP contribution in [0.4, 0.5) is 16.2 Å². The Morgan fingerprint density at radius 1 is 0.912 bits per heavy atom. The first-order valence-electron chi connectivity index (χ1n) is 10.8. The van der Waals surface area contributed by atoms with Gasteiger partial charge in [-0.2, -0.15) is 0 Å². The van der Waals surface area contributed by atoms with E-state index >= 15 is 0 Å². The third-order valence-electron chi connectivity index (χ3n) is 4.85. The summed E-state index contributed by atoms with van der Waals surface area (Å²) < 4.78 is 5.32. The number of amides is 2. The molecule has 0 fully saturated rings. The molecule has 3 rings (SSSR count). The molecule has 0 saturated heterocycles. The summed E-state index contributed by atoms with van der Waals surface area (Å²) in [6.45, 7) is 5.21. The molecule has 1 atom stereocenters. The van der Waals surface area contributed by atoms with Crippen LogP contribution in [-0.2, 0) is 16.0 Å². The van der Waals surface area contributed by atoms with Crippen LogP contribution in [0.15, 0.2) is 78.9 Å². The molecule has 0 spiro atoms. The van der Waals surface area contributed by atoms with Crippen molar-refractivity contribution in [1.82, 2.24) is 5.32 Å². The van der Waals surface area contributed by atoms with Crippen molar-refractivity contribution in [2.45, 2.75) is 38.8 Å². The second kappa shape index (κ2) is 10.6. The van der Waals surface area contributed by atoms with Crippen LogP contribution < -0.4 is 10.6 Å². The molecule has 0 saturated carbocycles. The Labute approximate surface area is 198 Å². The quantitative estimate of drug-likeness (QED) is 0.365. The van der Waals surface area contributed by atoms with Gasteiger partial charge in [0.15, 0.2) is 0 Å². The Morgan fingerprint density at radius 2 is 1.50 bits per heavy atom. The number of rotatable bonds is 7. The first kappa shape index (κ1) is 24.4. The summed E-state index contributed by atoms with van der Waals surface area (Å²) in [4.78, 5) is 35.7. The van der Waals surface area contributed by atoms with Crippen LogP contribution in [0, 0.1) is 10.1 Å². The minimum atomic E-state index is -0.924. The van der Waals surface area contributed by atoms with Gasteiger partial charge in [-0.3, -0.25) is 14.9 Å². The van der Waals surface area contributed by atoms with Gasteiger partial charge in [0.05, 0.1) is 4.92 Å². The van der Waals surface area contributed by atoms with E-state index in [1.165, 1.54) is 24.3 Å². The highest BCUT2D eigenvalue weighted by Crippen LogP contribution is 2.20. The topological polar surface area (TPSA) is 111 Å². The minimum Gasteiger partial charge on any atom is -0.444 e. The van der Waals surface area contributed by atoms with Crippen molar-refractivity contribution >= 4 is 23.4 Å². The predicted octanol–water partition coefficient (Wildman–Crippen LogP) is 5.34. The van der Waals surface area contributed by atoms with Crippen LogP contribution in [0.2, 0.25) is 0 Å². The summed E-state index contributed by atoms with van der Waals surface area (Å²) in [6, 6.07) is 22.2. The number of carbonyl (C=O) groups excluding carboxylic acids is 2. The number of ether oxygens (including phenoxy) is 1. The molecule has 2 amide bonds. The Morgan fingerprint density at radius 3 is 2.06 bits per heavy atom. The maximum atomic E-state index is 13.0. The summed E-state index contributed by atoms with van der Waals surface area (Å²) in [5, 5.41) is 16.2. The molecule has 0 aliphatic heterocycles. The van der Waals surface area contributed by atoms with Gasteiger partial charge >= 0.3 is 6.09 Å². The molecule has 0 aliphatic rings. The molecule has 3 aromatic rings. The first-order chi connectivity index (χ1) is 16.1. The van der Waals surface area contributed by atoms with E-state index in [9.17, 15) is 19.7 Å². The van der Waals surface area contributed by atoms with Crippen LogP contribution in [-0.4, -0.2) is 28.6 Å². The van der Waals surface area contributed by atoms with Gasteiger partial charge in [0.2, 0.25) is 5.91 Å². The molecule has 0 radical (unpaired) electrons. The van der Waals surface area contributed by atoms with E-state index in [0.717, 1.165) is 16.7 Å². The second-order valence-corrected chi connectivity index (χ2v) is 8.76. The molecule has 0 aromatic heterocycles. The largest absolute Gasteiger partial charge is 0.444 e. The van der Waals surface area contributed by atoms with Crippen molar-refractivity contribution in [2.75, 3.05) is 5.32 Å². The summed E-state index contributed by atoms with van der Waals surface area (Å²) in [5.74, 6) is -0.466. The fourth-order valence-corrected chi connectivity index (χ4v) is 3.25. The molecule has 0 unspecified atom stereocenters. The summed E-state index contributed by atoms with van der Waals surface area (Å²) >= 11 is 0. The molecule has 0 aliphatic carbocycles. The van der Waals surface area contributed by atoms with Crippen LogP contribution in [0.3, 0.4) is 0 Å². The van der Waals surface area contributed by atoms with E-state index in [4.69, 9.17) is 4.74 Å². The van der Waals surface area contributed by atoms with Crippen LogP contribution in [0.1, 0.15) is 26.3 Å². The molecule has 176 valence electrons. The Balaban J connectivity index is 1.76. The number of alkyl carbamates (subject to hydrolysis) is 1. The lowest BCUT2D eigenvalue weighted by Gasteiger charge is -2.23. The molecular formula is C26H27N3O5. The smallest absolute Gasteiger partial charge is 0.408 e. The van der Waals surface area contributed by atoms with Crippen molar-refractivity contribution < 1.29 is 19.2 Å². The average molecular weight is 462 g/mol. The Bertz CT molecular complexity index is 1140. The van der Waals surface area contributed by atoms with Gasteiger partial charge in [-0.15, -0.1) is 0 Å². The third-order valence-corrected chi connectivity index (χ3v) is 4.85. The lowest BCUT2D eigenvalue weighted by molar-refractivity contribution is -0.384. The highest BCUT2D eigenvalue weighted by molar-refractivity contribution is 5.96. The predicted molar refractivity (Wildman–Crippen MR) is 130 cm³/mol. The van der Waals surface area contributed by atoms with E-state index in [1.54, 1.807) is 20.8 Å². The fraction of sp³-hybridized carbons (Fsp3) is 0.231. The van der Waals surface area contributed by atoms with E-state index in [2.05, 4.69) is 10.6 Å². The number of anilines is 1. The summed E-state index contributed by atoms with van der Waals surface area (Å²) in [6.07, 6.45) is -0.482. The van der Waals surface area contributed by atoms with Gasteiger partial charge in [0, 0.05) is 24.2 Å². The van der Waals surface area contributed by atoms with E-state index < -0.39 is 28.6 Å². The SMILES string of the molecule is CC(C)(C)OC(=O)N[C@@H](Cc1ccc(-c2ccccc2)cc1)C(=O)Nc1ccc([N+](=O)[O-])cc1. The fourth-order valence-electron chi connectivity index (χ4n) is 3.25. The van der Waals surface area contributed by atoms with E-state index in [-0.39, 0.29) is 12.1 Å². The maximum absolute atomic E-state index is 13.0. The Kier molecular flexibility index (Phi) is 7.63. The van der Waals surface area contributed by atoms with Crippen molar-refractivity contribution in [3.63, 3.8) is 0 Å². The average Bonchev–Trinajstić information content (AvgIpc) is 2.79. The molecule has 0 bridgehead atoms. The molecule has 34 heavy (non-hydrogen) atoms. The molecular weight excluding hydrogens is 434 g/mol. The van der Waals surface area contributed by atoms with Gasteiger partial charge in [-0.25, -0.2) is 4.79 Å². The van der Waals surface area contributed by atoms with Gasteiger partial charge in [0.25, 0.3) is 5.69 Å². The zero-order chi connectivity index (χ0) is 24.7. The molecule has 3 aromatic carbocycles. The number of nitro benzene ring substituents is 1. The second-order valence-electron chi connectivity index (χ2n) is 8.76. The first-order valence-corrected chi connectivity index (χ1v) is 10.8. The number of hydrogen-bond acceptors (Lipinski definition) is 5. The van der Waals surface area contributed by atoms with Crippen molar-refractivity contribution in [2.24, 2.45) is 0 Å². The number of nitrogens with one attached hydrogen (secondary N) is 2. The van der Waals surface area contributed by atoms with Crippen molar-refractivity contribution in [3.8, 4) is 11.1 Å². The van der Waals surface area contributed by atoms with E-state index in [0.29, 0.717) is 5.69 Å². The zero-order valence-corrected chi connectivity index (χ0v) is 19.3. The minimum absolute atomic E-state index is 0.0834. The van der Waals surface area contributed by atoms with Crippen molar-refractivity contribution in [3.05, 3.63) is 94.5 Å². The molecule has 8 heteroatoms. The molecule has 8 nitrogen and oxygen atoms in total. The van der Waals surface area contributed by atoms with Crippen LogP contribution >= 0.6 is 0 Å². The standard InChI is InChI=1S/C26H27N3O5/c1-26(2,3)34-25(31)28-23(24(30)27-21-13-15-22(16-14-21)29(32)33)17-18-9-11-20(12-10-18)19-7-5-4-6-8-19/h4-16,23H,17H2,1-3H3,(H,27,30)(H,28,31)/t23-/m0/s1. The lowest BCUT2D eigenvalue weighted by atomic mass is 10.0. The highest BCUT2D eigenvalue weighted by atomic mass is 16.6. The van der Waals surface area contributed by atoms with Crippen LogP contribution in [0.5, 0.6) is 0 Å². The third kappa shape index (κ3) is 7.16. The summed E-state index contributed by atoms with van der Waals surface area (Å²) in [7, 11) is 0. The number of carbonyl (C=O) groups is 2. The van der Waals surface area contributed by atoms with Crippen molar-refractivity contribution in [1.29, 1.82) is 0 Å². The van der Waals surface area contributed by atoms with Crippen LogP contribution in [0.25, 0.3) is 11.1 Å². The van der Waals surface area contributed by atoms with Gasteiger partial charge in [-0.05, 0) is 49.6 Å². The number of hydrogen-bond donors (Lipinski definition) is 2.